The van der Waals surface area contributed by atoms with Gasteiger partial charge in [0.2, 0.25) is 0 Å². The summed E-state index contributed by atoms with van der Waals surface area (Å²) < 4.78 is 5.50. The van der Waals surface area contributed by atoms with Crippen LogP contribution in [0.5, 0.6) is 0 Å². The molecular formula is C15H30N2O2. The summed E-state index contributed by atoms with van der Waals surface area (Å²) in [6.45, 7) is 13.6. The van der Waals surface area contributed by atoms with Crippen LogP contribution in [0.1, 0.15) is 54.4 Å². The summed E-state index contributed by atoms with van der Waals surface area (Å²) in [6, 6.07) is 0.119. The zero-order valence-corrected chi connectivity index (χ0v) is 13.3. The molecule has 1 heterocycles. The maximum atomic E-state index is 12.3. The Labute approximate surface area is 117 Å². The molecule has 1 aliphatic rings. The van der Waals surface area contributed by atoms with Crippen LogP contribution in [0.3, 0.4) is 0 Å². The molecule has 4 nitrogen and oxygen atoms in total. The summed E-state index contributed by atoms with van der Waals surface area (Å²) >= 11 is 0. The fourth-order valence-electron chi connectivity index (χ4n) is 2.52. The lowest BCUT2D eigenvalue weighted by molar-refractivity contribution is -0.00585. The van der Waals surface area contributed by atoms with E-state index in [9.17, 15) is 4.79 Å². The highest BCUT2D eigenvalue weighted by Gasteiger charge is 2.37. The summed E-state index contributed by atoms with van der Waals surface area (Å²) in [6.07, 6.45) is 1.87. The third kappa shape index (κ3) is 4.68. The van der Waals surface area contributed by atoms with E-state index in [1.54, 1.807) is 0 Å². The topological polar surface area (TPSA) is 55.6 Å². The third-order valence-electron chi connectivity index (χ3n) is 3.83. The number of hydrogen-bond donors (Lipinski definition) is 1. The Hall–Kier alpha value is -0.770. The van der Waals surface area contributed by atoms with Gasteiger partial charge >= 0.3 is 6.09 Å². The first kappa shape index (κ1) is 16.3. The quantitative estimate of drug-likeness (QED) is 0.797. The van der Waals surface area contributed by atoms with Gasteiger partial charge in [-0.25, -0.2) is 4.79 Å². The fourth-order valence-corrected chi connectivity index (χ4v) is 2.52. The maximum absolute atomic E-state index is 12.3. The van der Waals surface area contributed by atoms with Crippen molar-refractivity contribution in [1.82, 2.24) is 4.90 Å². The molecular weight excluding hydrogens is 240 g/mol. The first-order valence-corrected chi connectivity index (χ1v) is 7.24. The van der Waals surface area contributed by atoms with Crippen LogP contribution in [0.2, 0.25) is 0 Å². The standard InChI is InChI=1S/C15H30N2O2/c1-14(2,3)11-7-8-12(9-16)17(10-11)13(18)19-15(4,5)6/h11-12H,7-10,16H2,1-6H3/t11-,12+/m1/s1. The van der Waals surface area contributed by atoms with Crippen molar-refractivity contribution in [2.75, 3.05) is 13.1 Å². The Morgan fingerprint density at radius 3 is 2.21 bits per heavy atom. The second-order valence-corrected chi connectivity index (χ2v) is 7.66. The number of rotatable bonds is 1. The van der Waals surface area contributed by atoms with Crippen LogP contribution in [0.25, 0.3) is 0 Å². The summed E-state index contributed by atoms with van der Waals surface area (Å²) in [4.78, 5) is 14.1. The second kappa shape index (κ2) is 5.70. The van der Waals surface area contributed by atoms with E-state index in [1.165, 1.54) is 0 Å². The maximum Gasteiger partial charge on any atom is 0.410 e. The molecule has 0 bridgehead atoms. The van der Waals surface area contributed by atoms with Gasteiger partial charge in [0, 0.05) is 19.1 Å². The van der Waals surface area contributed by atoms with Crippen LogP contribution in [0.15, 0.2) is 0 Å². The Bertz CT molecular complexity index is 315. The van der Waals surface area contributed by atoms with Crippen molar-refractivity contribution in [3.63, 3.8) is 0 Å². The Morgan fingerprint density at radius 2 is 1.79 bits per heavy atom. The minimum Gasteiger partial charge on any atom is -0.444 e. The van der Waals surface area contributed by atoms with Gasteiger partial charge in [-0.3, -0.25) is 0 Å². The lowest BCUT2D eigenvalue weighted by Gasteiger charge is -2.44. The van der Waals surface area contributed by atoms with Crippen molar-refractivity contribution >= 4 is 6.09 Å². The number of carbonyl (C=O) groups excluding carboxylic acids is 1. The van der Waals surface area contributed by atoms with Crippen LogP contribution >= 0.6 is 0 Å². The average Bonchev–Trinajstić information content (AvgIpc) is 2.24. The van der Waals surface area contributed by atoms with E-state index in [4.69, 9.17) is 10.5 Å². The minimum atomic E-state index is -0.453. The van der Waals surface area contributed by atoms with Gasteiger partial charge in [0.25, 0.3) is 0 Å². The van der Waals surface area contributed by atoms with Gasteiger partial charge in [-0.15, -0.1) is 0 Å². The van der Waals surface area contributed by atoms with Crippen molar-refractivity contribution in [3.8, 4) is 0 Å². The molecule has 0 aromatic rings. The number of hydrogen-bond acceptors (Lipinski definition) is 3. The Morgan fingerprint density at radius 1 is 1.21 bits per heavy atom. The number of ether oxygens (including phenoxy) is 1. The highest BCUT2D eigenvalue weighted by molar-refractivity contribution is 5.68. The van der Waals surface area contributed by atoms with E-state index < -0.39 is 5.60 Å². The highest BCUT2D eigenvalue weighted by Crippen LogP contribution is 2.35. The van der Waals surface area contributed by atoms with Crippen LogP contribution < -0.4 is 5.73 Å². The van der Waals surface area contributed by atoms with Crippen molar-refractivity contribution in [1.29, 1.82) is 0 Å². The molecule has 0 aliphatic carbocycles. The van der Waals surface area contributed by atoms with Crippen molar-refractivity contribution < 1.29 is 9.53 Å². The fraction of sp³-hybridized carbons (Fsp3) is 0.933. The summed E-state index contributed by atoms with van der Waals surface area (Å²) in [5, 5.41) is 0. The molecule has 1 amide bonds. The number of amides is 1. The van der Waals surface area contributed by atoms with E-state index in [0.29, 0.717) is 12.5 Å². The van der Waals surface area contributed by atoms with E-state index in [1.807, 2.05) is 25.7 Å². The molecule has 1 aliphatic heterocycles. The van der Waals surface area contributed by atoms with Gasteiger partial charge in [-0.2, -0.15) is 0 Å². The molecule has 0 spiro atoms. The SMILES string of the molecule is CC(C)(C)OC(=O)N1C[C@H](C(C)(C)C)CC[C@H]1CN. The number of nitrogens with two attached hydrogens (primary N) is 1. The van der Waals surface area contributed by atoms with Gasteiger partial charge in [-0.05, 0) is 44.9 Å². The number of likely N-dealkylation sites (tertiary alicyclic amines) is 1. The Kier molecular flexibility index (Phi) is 4.88. The molecule has 2 atom stereocenters. The van der Waals surface area contributed by atoms with E-state index in [0.717, 1.165) is 19.4 Å². The normalized spacial score (nSPS) is 25.3. The van der Waals surface area contributed by atoms with Crippen LogP contribution in [0.4, 0.5) is 4.79 Å². The largest absolute Gasteiger partial charge is 0.444 e. The predicted molar refractivity (Wildman–Crippen MR) is 78.0 cm³/mol. The number of piperidine rings is 1. The van der Waals surface area contributed by atoms with Gasteiger partial charge in [-0.1, -0.05) is 20.8 Å². The monoisotopic (exact) mass is 270 g/mol. The molecule has 1 saturated heterocycles. The molecule has 1 rings (SSSR count). The molecule has 112 valence electrons. The zero-order chi connectivity index (χ0) is 14.8. The molecule has 0 unspecified atom stereocenters. The summed E-state index contributed by atoms with van der Waals surface area (Å²) in [5.74, 6) is 0.503. The van der Waals surface area contributed by atoms with Gasteiger partial charge in [0.15, 0.2) is 0 Å². The van der Waals surface area contributed by atoms with Gasteiger partial charge in [0.05, 0.1) is 0 Å². The molecule has 1 fully saturated rings. The van der Waals surface area contributed by atoms with Crippen LogP contribution in [-0.2, 0) is 4.74 Å². The van der Waals surface area contributed by atoms with Crippen molar-refractivity contribution in [2.24, 2.45) is 17.1 Å². The molecule has 0 radical (unpaired) electrons. The predicted octanol–water partition coefficient (Wildman–Crippen LogP) is 3.01. The molecule has 0 saturated carbocycles. The molecule has 4 heteroatoms. The third-order valence-corrected chi connectivity index (χ3v) is 3.83. The zero-order valence-electron chi connectivity index (χ0n) is 13.3. The average molecular weight is 270 g/mol. The number of carbonyl (C=O) groups is 1. The van der Waals surface area contributed by atoms with Crippen molar-refractivity contribution in [2.45, 2.75) is 66.0 Å². The summed E-state index contributed by atoms with van der Waals surface area (Å²) in [5.41, 5.74) is 5.55. The van der Waals surface area contributed by atoms with Crippen LogP contribution in [0, 0.1) is 11.3 Å². The highest BCUT2D eigenvalue weighted by atomic mass is 16.6. The van der Waals surface area contributed by atoms with Crippen molar-refractivity contribution in [3.05, 3.63) is 0 Å². The van der Waals surface area contributed by atoms with Gasteiger partial charge < -0.3 is 15.4 Å². The Balaban J connectivity index is 2.78. The first-order valence-electron chi connectivity index (χ1n) is 7.24. The smallest absolute Gasteiger partial charge is 0.410 e. The lowest BCUT2D eigenvalue weighted by atomic mass is 9.75. The molecule has 2 N–H and O–H groups in total. The number of nitrogens with zero attached hydrogens (tertiary/aromatic N) is 1. The van der Waals surface area contributed by atoms with E-state index in [2.05, 4.69) is 20.8 Å². The molecule has 0 aromatic carbocycles. The molecule has 0 aromatic heterocycles. The van der Waals surface area contributed by atoms with E-state index in [-0.39, 0.29) is 17.6 Å². The second-order valence-electron chi connectivity index (χ2n) is 7.66. The molecule has 19 heavy (non-hydrogen) atoms. The van der Waals surface area contributed by atoms with E-state index >= 15 is 0 Å². The van der Waals surface area contributed by atoms with Gasteiger partial charge in [0.1, 0.15) is 5.60 Å². The first-order chi connectivity index (χ1) is 8.54. The minimum absolute atomic E-state index is 0.119. The summed E-state index contributed by atoms with van der Waals surface area (Å²) in [7, 11) is 0. The van der Waals surface area contributed by atoms with Crippen LogP contribution in [-0.4, -0.2) is 35.7 Å². The lowest BCUT2D eigenvalue weighted by Crippen LogP contribution is -2.53.